The number of allylic oxidation sites excluding steroid dienone is 5. The van der Waals surface area contributed by atoms with E-state index < -0.39 is 0 Å². The largest absolute Gasteiger partial charge is 0.396 e. The van der Waals surface area contributed by atoms with Crippen molar-refractivity contribution in [3.63, 3.8) is 0 Å². The molecule has 0 saturated carbocycles. The van der Waals surface area contributed by atoms with Gasteiger partial charge in [-0.2, -0.15) is 0 Å². The molecule has 2 heterocycles. The van der Waals surface area contributed by atoms with Crippen molar-refractivity contribution < 1.29 is 14.6 Å². The van der Waals surface area contributed by atoms with E-state index >= 15 is 0 Å². The predicted molar refractivity (Wildman–Crippen MR) is 133 cm³/mol. The Hall–Kier alpha value is -0.200. The van der Waals surface area contributed by atoms with Gasteiger partial charge in [-0.25, -0.2) is 0 Å². The molecule has 5 heteroatoms. The molecule has 2 fully saturated rings. The molecule has 0 aliphatic carbocycles. The highest BCUT2D eigenvalue weighted by atomic mass is 32.2. The highest BCUT2D eigenvalue weighted by Gasteiger charge is 2.45. The average molecular weight is 455 g/mol. The van der Waals surface area contributed by atoms with E-state index in [0.29, 0.717) is 17.8 Å². The molecule has 2 saturated heterocycles. The van der Waals surface area contributed by atoms with Crippen LogP contribution in [0.4, 0.5) is 0 Å². The first kappa shape index (κ1) is 26.1. The summed E-state index contributed by atoms with van der Waals surface area (Å²) in [5.41, 5.74) is 1.24. The Morgan fingerprint density at radius 1 is 1.20 bits per heavy atom. The molecule has 5 atom stereocenters. The Morgan fingerprint density at radius 3 is 2.60 bits per heavy atom. The maximum absolute atomic E-state index is 9.16. The van der Waals surface area contributed by atoms with Gasteiger partial charge in [0.2, 0.25) is 0 Å². The SMILES string of the molecule is CO[C@@H](C[C@@H]1CC[C@@H](C)C2(O1)SCCCS2)/C(C)=C/C=C\C=C\[C@@H](C)C[C@@H](C)CO. The first-order chi connectivity index (χ1) is 14.4. The second-order valence-electron chi connectivity index (χ2n) is 9.01. The van der Waals surface area contributed by atoms with Crippen LogP contribution in [0.5, 0.6) is 0 Å². The second kappa shape index (κ2) is 13.4. The van der Waals surface area contributed by atoms with E-state index in [4.69, 9.17) is 14.6 Å². The molecular formula is C25H42O3S2. The zero-order valence-corrected chi connectivity index (χ0v) is 21.1. The van der Waals surface area contributed by atoms with Crippen LogP contribution in [0.25, 0.3) is 0 Å². The lowest BCUT2D eigenvalue weighted by atomic mass is 9.94. The third-order valence-corrected chi connectivity index (χ3v) is 9.62. The lowest BCUT2D eigenvalue weighted by Crippen LogP contribution is -2.44. The topological polar surface area (TPSA) is 38.7 Å². The molecule has 0 aromatic rings. The number of methoxy groups -OCH3 is 1. The van der Waals surface area contributed by atoms with Gasteiger partial charge in [-0.15, -0.1) is 23.5 Å². The summed E-state index contributed by atoms with van der Waals surface area (Å²) in [6, 6.07) is 0. The molecule has 0 amide bonds. The summed E-state index contributed by atoms with van der Waals surface area (Å²) < 4.78 is 12.5. The lowest BCUT2D eigenvalue weighted by molar-refractivity contribution is -0.0705. The lowest BCUT2D eigenvalue weighted by Gasteiger charge is -2.47. The van der Waals surface area contributed by atoms with E-state index in [-0.39, 0.29) is 23.1 Å². The van der Waals surface area contributed by atoms with Crippen molar-refractivity contribution >= 4 is 23.5 Å². The smallest absolute Gasteiger partial charge is 0.163 e. The molecule has 0 aromatic carbocycles. The van der Waals surface area contributed by atoms with Crippen LogP contribution in [0.3, 0.4) is 0 Å². The minimum atomic E-state index is -0.0357. The van der Waals surface area contributed by atoms with Crippen molar-refractivity contribution in [2.24, 2.45) is 17.8 Å². The number of aliphatic hydroxyl groups is 1. The Kier molecular flexibility index (Phi) is 11.6. The summed E-state index contributed by atoms with van der Waals surface area (Å²) in [6.07, 6.45) is 16.6. The van der Waals surface area contributed by atoms with E-state index in [1.54, 1.807) is 7.11 Å². The molecule has 2 rings (SSSR count). The molecule has 2 aliphatic rings. The summed E-state index contributed by atoms with van der Waals surface area (Å²) in [7, 11) is 1.81. The van der Waals surface area contributed by atoms with Gasteiger partial charge in [-0.1, -0.05) is 51.2 Å². The highest BCUT2D eigenvalue weighted by molar-refractivity contribution is 8.18. The molecule has 0 radical (unpaired) electrons. The van der Waals surface area contributed by atoms with Crippen molar-refractivity contribution in [1.29, 1.82) is 0 Å². The fourth-order valence-electron chi connectivity index (χ4n) is 4.20. The van der Waals surface area contributed by atoms with Crippen molar-refractivity contribution in [2.75, 3.05) is 25.2 Å². The molecule has 0 unspecified atom stereocenters. The summed E-state index contributed by atoms with van der Waals surface area (Å²) >= 11 is 4.04. The van der Waals surface area contributed by atoms with Crippen LogP contribution < -0.4 is 0 Å². The fraction of sp³-hybridized carbons (Fsp3) is 0.760. The monoisotopic (exact) mass is 454 g/mol. The maximum Gasteiger partial charge on any atom is 0.163 e. The number of ether oxygens (including phenoxy) is 2. The summed E-state index contributed by atoms with van der Waals surface area (Å²) in [4.78, 5) is 0. The van der Waals surface area contributed by atoms with E-state index in [1.165, 1.54) is 29.9 Å². The van der Waals surface area contributed by atoms with E-state index in [2.05, 4.69) is 58.1 Å². The standard InChI is InChI=1S/C25H42O3S2/c1-19(16-20(2)18-26)10-7-6-8-11-21(3)24(27-5)17-23-13-12-22(4)25(28-23)29-14-9-15-30-25/h6-8,10-11,19-20,22-24,26H,9,12-18H2,1-5H3/b8-6-,10-7+,21-11+/t19-,20-,22-,23+,24+/m1/s1. The minimum Gasteiger partial charge on any atom is -0.396 e. The Labute approximate surface area is 193 Å². The zero-order chi connectivity index (χ0) is 22.0. The highest BCUT2D eigenvalue weighted by Crippen LogP contribution is 2.53. The van der Waals surface area contributed by atoms with Crippen LogP contribution in [0.2, 0.25) is 0 Å². The quantitative estimate of drug-likeness (QED) is 0.384. The molecule has 1 N–H and O–H groups in total. The summed E-state index contributed by atoms with van der Waals surface area (Å²) in [5, 5.41) is 9.16. The van der Waals surface area contributed by atoms with E-state index in [9.17, 15) is 0 Å². The van der Waals surface area contributed by atoms with E-state index in [0.717, 1.165) is 19.3 Å². The van der Waals surface area contributed by atoms with Crippen LogP contribution in [0.15, 0.2) is 36.0 Å². The maximum atomic E-state index is 9.16. The molecule has 0 bridgehead atoms. The minimum absolute atomic E-state index is 0.0357. The van der Waals surface area contributed by atoms with Crippen molar-refractivity contribution in [1.82, 2.24) is 0 Å². The van der Waals surface area contributed by atoms with Gasteiger partial charge in [0.15, 0.2) is 4.27 Å². The third-order valence-electron chi connectivity index (χ3n) is 6.13. The molecule has 1 spiro atoms. The molecule has 2 aliphatic heterocycles. The van der Waals surface area contributed by atoms with Crippen LogP contribution in [-0.4, -0.2) is 46.8 Å². The van der Waals surface area contributed by atoms with Gasteiger partial charge in [0.1, 0.15) is 0 Å². The molecule has 3 nitrogen and oxygen atoms in total. The molecular weight excluding hydrogens is 412 g/mol. The Balaban J connectivity index is 1.87. The van der Waals surface area contributed by atoms with Gasteiger partial charge >= 0.3 is 0 Å². The summed E-state index contributed by atoms with van der Waals surface area (Å²) in [6.45, 7) is 9.04. The van der Waals surface area contributed by atoms with Crippen LogP contribution in [-0.2, 0) is 9.47 Å². The molecule has 0 aromatic heterocycles. The first-order valence-corrected chi connectivity index (χ1v) is 13.5. The number of rotatable bonds is 10. The second-order valence-corrected chi connectivity index (χ2v) is 11.9. The van der Waals surface area contributed by atoms with Crippen LogP contribution in [0.1, 0.15) is 59.8 Å². The molecule has 30 heavy (non-hydrogen) atoms. The normalized spacial score (nSPS) is 28.3. The van der Waals surface area contributed by atoms with Gasteiger partial charge < -0.3 is 14.6 Å². The van der Waals surface area contributed by atoms with E-state index in [1.807, 2.05) is 23.5 Å². The van der Waals surface area contributed by atoms with Gasteiger partial charge in [0.25, 0.3) is 0 Å². The van der Waals surface area contributed by atoms with Crippen molar-refractivity contribution in [3.05, 3.63) is 36.0 Å². The zero-order valence-electron chi connectivity index (χ0n) is 19.5. The fourth-order valence-corrected chi connectivity index (χ4v) is 7.57. The summed E-state index contributed by atoms with van der Waals surface area (Å²) in [5.74, 6) is 3.87. The third kappa shape index (κ3) is 8.05. The first-order valence-electron chi connectivity index (χ1n) is 11.5. The van der Waals surface area contributed by atoms with Gasteiger partial charge in [-0.3, -0.25) is 0 Å². The van der Waals surface area contributed by atoms with Crippen molar-refractivity contribution in [2.45, 2.75) is 76.3 Å². The van der Waals surface area contributed by atoms with Gasteiger partial charge in [0, 0.05) is 26.1 Å². The number of thioether (sulfide) groups is 2. The Morgan fingerprint density at radius 2 is 1.93 bits per heavy atom. The van der Waals surface area contributed by atoms with Crippen LogP contribution >= 0.6 is 23.5 Å². The van der Waals surface area contributed by atoms with Gasteiger partial charge in [-0.05, 0) is 61.5 Å². The Bertz CT molecular complexity index is 581. The van der Waals surface area contributed by atoms with Crippen molar-refractivity contribution in [3.8, 4) is 0 Å². The predicted octanol–water partition coefficient (Wildman–Crippen LogP) is 6.44. The number of hydrogen-bond acceptors (Lipinski definition) is 5. The van der Waals surface area contributed by atoms with Crippen LogP contribution in [0, 0.1) is 17.8 Å². The average Bonchev–Trinajstić information content (AvgIpc) is 2.74. The number of hydrogen-bond donors (Lipinski definition) is 1. The van der Waals surface area contributed by atoms with Gasteiger partial charge in [0.05, 0.1) is 12.2 Å². The number of aliphatic hydroxyl groups excluding tert-OH is 1. The molecule has 172 valence electrons.